The Morgan fingerprint density at radius 3 is 2.56 bits per heavy atom. The van der Waals surface area contributed by atoms with Gasteiger partial charge in [0, 0.05) is 5.25 Å². The molecule has 0 aromatic rings. The average molecular weight is 264 g/mol. The Morgan fingerprint density at radius 2 is 1.78 bits per heavy atom. The first-order valence-electron chi connectivity index (χ1n) is 8.03. The number of hydrogen-bond donors (Lipinski definition) is 0. The molecule has 18 heavy (non-hydrogen) atoms. The maximum absolute atomic E-state index is 5.87. The van der Waals surface area contributed by atoms with Crippen molar-refractivity contribution in [2.75, 3.05) is 5.75 Å². The number of epoxide rings is 1. The topological polar surface area (TPSA) is 12.5 Å². The highest BCUT2D eigenvalue weighted by atomic mass is 32.2. The molecule has 5 fully saturated rings. The van der Waals surface area contributed by atoms with Crippen molar-refractivity contribution in [3.63, 3.8) is 0 Å². The molecule has 0 spiro atoms. The van der Waals surface area contributed by atoms with Gasteiger partial charge >= 0.3 is 0 Å². The van der Waals surface area contributed by atoms with Crippen LogP contribution in [-0.2, 0) is 4.74 Å². The Morgan fingerprint density at radius 1 is 0.944 bits per heavy atom. The van der Waals surface area contributed by atoms with Crippen molar-refractivity contribution < 1.29 is 4.74 Å². The van der Waals surface area contributed by atoms with Crippen LogP contribution in [0.25, 0.3) is 0 Å². The first kappa shape index (κ1) is 11.0. The molecule has 100 valence electrons. The van der Waals surface area contributed by atoms with Crippen LogP contribution in [0.3, 0.4) is 0 Å². The first-order chi connectivity index (χ1) is 8.75. The molecule has 5 rings (SSSR count). The number of ether oxygens (including phenoxy) is 1. The summed E-state index contributed by atoms with van der Waals surface area (Å²) in [6.07, 6.45) is 5.81. The van der Waals surface area contributed by atoms with E-state index in [0.29, 0.717) is 12.2 Å². The zero-order valence-electron chi connectivity index (χ0n) is 11.4. The molecule has 2 heteroatoms. The minimum atomic E-state index is 0.578. The van der Waals surface area contributed by atoms with Crippen molar-refractivity contribution in [3.8, 4) is 0 Å². The van der Waals surface area contributed by atoms with Gasteiger partial charge in [-0.05, 0) is 73.4 Å². The molecular formula is C16H24OS. The summed E-state index contributed by atoms with van der Waals surface area (Å²) in [4.78, 5) is 0. The van der Waals surface area contributed by atoms with Crippen LogP contribution in [0.4, 0.5) is 0 Å². The summed E-state index contributed by atoms with van der Waals surface area (Å²) in [6.45, 7) is 4.82. The van der Waals surface area contributed by atoms with E-state index in [1.165, 1.54) is 18.6 Å². The second-order valence-electron chi connectivity index (χ2n) is 7.69. The van der Waals surface area contributed by atoms with E-state index in [1.54, 1.807) is 6.42 Å². The van der Waals surface area contributed by atoms with Gasteiger partial charge in [-0.3, -0.25) is 0 Å². The molecule has 3 saturated carbocycles. The molecule has 0 aromatic heterocycles. The van der Waals surface area contributed by atoms with E-state index in [1.807, 2.05) is 0 Å². The molecular weight excluding hydrogens is 240 g/mol. The lowest BCUT2D eigenvalue weighted by Gasteiger charge is -2.37. The van der Waals surface area contributed by atoms with Gasteiger partial charge in [0.05, 0.1) is 12.2 Å². The standard InChI is InChI=1S/C16H24OS/c1-7-5-11(15-8(2)17-15)14-10-6-12(13(7)14)16-9(10)3-4-18-16/h7-16H,3-6H2,1-2H3. The zero-order valence-corrected chi connectivity index (χ0v) is 12.2. The highest BCUT2D eigenvalue weighted by Gasteiger charge is 2.66. The maximum Gasteiger partial charge on any atom is 0.0870 e. The first-order valence-corrected chi connectivity index (χ1v) is 9.07. The molecule has 2 aliphatic heterocycles. The van der Waals surface area contributed by atoms with Crippen molar-refractivity contribution >= 4 is 11.8 Å². The summed E-state index contributed by atoms with van der Waals surface area (Å²) < 4.78 is 5.87. The highest BCUT2D eigenvalue weighted by molar-refractivity contribution is 8.00. The van der Waals surface area contributed by atoms with Gasteiger partial charge in [-0.15, -0.1) is 0 Å². The fourth-order valence-electron chi connectivity index (χ4n) is 6.69. The van der Waals surface area contributed by atoms with E-state index in [9.17, 15) is 0 Å². The minimum Gasteiger partial charge on any atom is -0.370 e. The molecule has 2 saturated heterocycles. The van der Waals surface area contributed by atoms with E-state index in [4.69, 9.17) is 4.74 Å². The third kappa shape index (κ3) is 1.21. The lowest BCUT2D eigenvalue weighted by atomic mass is 9.70. The van der Waals surface area contributed by atoms with Crippen LogP contribution in [0.1, 0.15) is 33.1 Å². The summed E-state index contributed by atoms with van der Waals surface area (Å²) >= 11 is 2.32. The van der Waals surface area contributed by atoms with Gasteiger partial charge < -0.3 is 4.74 Å². The Hall–Kier alpha value is 0.310. The van der Waals surface area contributed by atoms with Gasteiger partial charge in [0.2, 0.25) is 0 Å². The van der Waals surface area contributed by atoms with E-state index in [2.05, 4.69) is 25.6 Å². The third-order valence-corrected chi connectivity index (χ3v) is 8.66. The van der Waals surface area contributed by atoms with Gasteiger partial charge in [0.15, 0.2) is 0 Å². The SMILES string of the molecule is CC1CC(C2OC2C)C2C3CC(C4SCCC34)C12. The van der Waals surface area contributed by atoms with Gasteiger partial charge in [0.1, 0.15) is 0 Å². The normalized spacial score (nSPS) is 68.3. The van der Waals surface area contributed by atoms with Gasteiger partial charge in [-0.2, -0.15) is 11.8 Å². The van der Waals surface area contributed by atoms with E-state index >= 15 is 0 Å². The van der Waals surface area contributed by atoms with Crippen molar-refractivity contribution in [3.05, 3.63) is 0 Å². The van der Waals surface area contributed by atoms with E-state index in [-0.39, 0.29) is 0 Å². The van der Waals surface area contributed by atoms with E-state index < -0.39 is 0 Å². The quantitative estimate of drug-likeness (QED) is 0.673. The van der Waals surface area contributed by atoms with Gasteiger partial charge in [-0.1, -0.05) is 6.92 Å². The van der Waals surface area contributed by atoms with Crippen molar-refractivity contribution in [1.29, 1.82) is 0 Å². The Bertz CT molecular complexity index is 383. The molecule has 3 aliphatic carbocycles. The van der Waals surface area contributed by atoms with Crippen molar-refractivity contribution in [2.24, 2.45) is 41.4 Å². The lowest BCUT2D eigenvalue weighted by Crippen LogP contribution is -2.36. The minimum absolute atomic E-state index is 0.578. The summed E-state index contributed by atoms with van der Waals surface area (Å²) in [5.74, 6) is 8.77. The molecule has 0 amide bonds. The average Bonchev–Trinajstić information content (AvgIpc) is 2.82. The second kappa shape index (κ2) is 3.49. The number of fused-ring (bicyclic) bond motifs is 8. The van der Waals surface area contributed by atoms with Crippen LogP contribution in [0, 0.1) is 41.4 Å². The Labute approximate surface area is 114 Å². The predicted molar refractivity (Wildman–Crippen MR) is 74.5 cm³/mol. The zero-order chi connectivity index (χ0) is 12.0. The van der Waals surface area contributed by atoms with Crippen LogP contribution >= 0.6 is 11.8 Å². The molecule has 2 bridgehead atoms. The van der Waals surface area contributed by atoms with E-state index in [0.717, 1.165) is 46.7 Å². The molecule has 10 unspecified atom stereocenters. The van der Waals surface area contributed by atoms with Gasteiger partial charge in [-0.25, -0.2) is 0 Å². The lowest BCUT2D eigenvalue weighted by molar-refractivity contribution is 0.134. The maximum atomic E-state index is 5.87. The molecule has 2 heterocycles. The fraction of sp³-hybridized carbons (Fsp3) is 1.00. The number of rotatable bonds is 1. The van der Waals surface area contributed by atoms with Crippen molar-refractivity contribution in [2.45, 2.75) is 50.6 Å². The van der Waals surface area contributed by atoms with Crippen molar-refractivity contribution in [1.82, 2.24) is 0 Å². The van der Waals surface area contributed by atoms with Crippen LogP contribution in [0.15, 0.2) is 0 Å². The predicted octanol–water partition coefficient (Wildman–Crippen LogP) is 3.43. The Kier molecular flexibility index (Phi) is 2.14. The third-order valence-electron chi connectivity index (χ3n) is 7.11. The second-order valence-corrected chi connectivity index (χ2v) is 8.97. The molecule has 0 N–H and O–H groups in total. The molecule has 5 aliphatic rings. The summed E-state index contributed by atoms with van der Waals surface area (Å²) in [7, 11) is 0. The number of thioether (sulfide) groups is 1. The van der Waals surface area contributed by atoms with Gasteiger partial charge in [0.25, 0.3) is 0 Å². The molecule has 10 atom stereocenters. The summed E-state index contributed by atoms with van der Waals surface area (Å²) in [6, 6.07) is 0. The summed E-state index contributed by atoms with van der Waals surface area (Å²) in [5.41, 5.74) is 0. The number of hydrogen-bond acceptors (Lipinski definition) is 2. The molecule has 0 radical (unpaired) electrons. The smallest absolute Gasteiger partial charge is 0.0870 e. The fourth-order valence-corrected chi connectivity index (χ4v) is 8.50. The van der Waals surface area contributed by atoms with Crippen LogP contribution < -0.4 is 0 Å². The monoisotopic (exact) mass is 264 g/mol. The molecule has 0 aromatic carbocycles. The highest BCUT2D eigenvalue weighted by Crippen LogP contribution is 2.70. The molecule has 1 nitrogen and oxygen atoms in total. The van der Waals surface area contributed by atoms with Crippen LogP contribution in [0.2, 0.25) is 0 Å². The summed E-state index contributed by atoms with van der Waals surface area (Å²) in [5, 5.41) is 1.06. The van der Waals surface area contributed by atoms with Crippen LogP contribution in [-0.4, -0.2) is 23.2 Å². The van der Waals surface area contributed by atoms with Crippen LogP contribution in [0.5, 0.6) is 0 Å². The largest absolute Gasteiger partial charge is 0.370 e. The Balaban J connectivity index is 1.49.